The average molecular weight is 508 g/mol. The number of hydrogen-bond acceptors (Lipinski definition) is 5. The van der Waals surface area contributed by atoms with Crippen LogP contribution in [-0.2, 0) is 11.3 Å². The molecule has 4 N–H and O–H groups in total. The highest BCUT2D eigenvalue weighted by Crippen LogP contribution is 2.32. The van der Waals surface area contributed by atoms with Crippen LogP contribution in [0, 0.1) is 5.41 Å². The number of amidine groups is 1. The molecule has 0 bridgehead atoms. The minimum absolute atomic E-state index is 0.215. The third-order valence-electron chi connectivity index (χ3n) is 5.99. The van der Waals surface area contributed by atoms with Crippen LogP contribution in [0.3, 0.4) is 0 Å². The number of hydrogen-bond donors (Lipinski definition) is 4. The molecule has 0 saturated heterocycles. The van der Waals surface area contributed by atoms with Gasteiger partial charge in [0, 0.05) is 38.3 Å². The van der Waals surface area contributed by atoms with Gasteiger partial charge in [-0.1, -0.05) is 36.4 Å². The van der Waals surface area contributed by atoms with Gasteiger partial charge in [-0.2, -0.15) is 0 Å². The van der Waals surface area contributed by atoms with Crippen LogP contribution in [0.25, 0.3) is 10.8 Å². The topological polar surface area (TPSA) is 107 Å². The highest BCUT2D eigenvalue weighted by molar-refractivity contribution is 6.05. The molecule has 9 heteroatoms. The fraction of sp³-hybridized carbons (Fsp3) is 0.321. The van der Waals surface area contributed by atoms with E-state index in [-0.39, 0.29) is 11.7 Å². The molecule has 0 aliphatic carbocycles. The van der Waals surface area contributed by atoms with Crippen LogP contribution < -0.4 is 25.6 Å². The van der Waals surface area contributed by atoms with Crippen molar-refractivity contribution in [2.45, 2.75) is 25.4 Å². The van der Waals surface area contributed by atoms with E-state index < -0.39 is 18.6 Å². The van der Waals surface area contributed by atoms with Gasteiger partial charge in [-0.25, -0.2) is 4.39 Å². The van der Waals surface area contributed by atoms with Gasteiger partial charge < -0.3 is 25.6 Å². The van der Waals surface area contributed by atoms with Gasteiger partial charge in [0.15, 0.2) is 0 Å². The van der Waals surface area contributed by atoms with Crippen molar-refractivity contribution in [3.63, 3.8) is 0 Å². The summed E-state index contributed by atoms with van der Waals surface area (Å²) in [6.45, 7) is -0.242. The Bertz CT molecular complexity index is 1230. The van der Waals surface area contributed by atoms with Gasteiger partial charge in [-0.15, -0.1) is 0 Å². The number of ether oxygens (including phenoxy) is 1. The highest BCUT2D eigenvalue weighted by Gasteiger charge is 2.24. The molecule has 0 aliphatic rings. The molecule has 0 fully saturated rings. The van der Waals surface area contributed by atoms with Gasteiger partial charge in [0.25, 0.3) is 5.91 Å². The molecule has 1 atom stereocenters. The predicted octanol–water partition coefficient (Wildman–Crippen LogP) is 3.65. The van der Waals surface area contributed by atoms with E-state index in [2.05, 4.69) is 16.0 Å². The molecule has 0 heterocycles. The van der Waals surface area contributed by atoms with Gasteiger partial charge in [-0.05, 0) is 48.1 Å². The number of rotatable bonds is 12. The number of anilines is 1. The third-order valence-corrected chi connectivity index (χ3v) is 5.99. The number of amides is 2. The molecule has 0 aliphatic heterocycles. The van der Waals surface area contributed by atoms with E-state index in [0.717, 1.165) is 22.0 Å². The summed E-state index contributed by atoms with van der Waals surface area (Å²) in [6, 6.07) is 18.1. The second-order valence-electron chi connectivity index (χ2n) is 8.86. The second-order valence-corrected chi connectivity index (χ2v) is 8.86. The number of nitrogens with zero attached hydrogens (tertiary/aromatic N) is 1. The Kier molecular flexibility index (Phi) is 9.83. The molecule has 3 aromatic rings. The number of methoxy groups -OCH3 is 1. The number of carbonyl (C=O) groups is 2. The molecule has 8 nitrogen and oxygen atoms in total. The second kappa shape index (κ2) is 13.2. The number of alkyl halides is 1. The first-order valence-corrected chi connectivity index (χ1v) is 12.1. The van der Waals surface area contributed by atoms with Crippen LogP contribution in [-0.4, -0.2) is 58.1 Å². The summed E-state index contributed by atoms with van der Waals surface area (Å²) >= 11 is 0. The van der Waals surface area contributed by atoms with E-state index >= 15 is 0 Å². The molecular weight excluding hydrogens is 473 g/mol. The largest absolute Gasteiger partial charge is 0.495 e. The first kappa shape index (κ1) is 27.4. The Balaban J connectivity index is 1.78. The van der Waals surface area contributed by atoms with Crippen molar-refractivity contribution in [2.24, 2.45) is 0 Å². The van der Waals surface area contributed by atoms with Crippen LogP contribution >= 0.6 is 0 Å². The quantitative estimate of drug-likeness (QED) is 0.170. The van der Waals surface area contributed by atoms with E-state index in [1.54, 1.807) is 6.07 Å². The zero-order valence-corrected chi connectivity index (χ0v) is 21.4. The summed E-state index contributed by atoms with van der Waals surface area (Å²) in [7, 11) is 5.43. The van der Waals surface area contributed by atoms with Crippen molar-refractivity contribution in [3.8, 4) is 5.75 Å². The van der Waals surface area contributed by atoms with Crippen molar-refractivity contribution in [1.82, 2.24) is 16.0 Å². The van der Waals surface area contributed by atoms with E-state index in [1.165, 1.54) is 7.11 Å². The van der Waals surface area contributed by atoms with Gasteiger partial charge in [-0.3, -0.25) is 15.0 Å². The smallest absolute Gasteiger partial charge is 0.255 e. The zero-order valence-electron chi connectivity index (χ0n) is 21.4. The van der Waals surface area contributed by atoms with E-state index in [9.17, 15) is 14.0 Å². The fourth-order valence-corrected chi connectivity index (χ4v) is 3.97. The van der Waals surface area contributed by atoms with Crippen LogP contribution in [0.4, 0.5) is 10.1 Å². The van der Waals surface area contributed by atoms with Crippen molar-refractivity contribution < 1.29 is 18.7 Å². The van der Waals surface area contributed by atoms with Gasteiger partial charge >= 0.3 is 0 Å². The summed E-state index contributed by atoms with van der Waals surface area (Å²) in [5.41, 5.74) is 2.29. The minimum atomic E-state index is -0.879. The molecular formula is C28H34FN5O3. The summed E-state index contributed by atoms with van der Waals surface area (Å²) in [6.07, 6.45) is 0.759. The van der Waals surface area contributed by atoms with Crippen molar-refractivity contribution in [2.75, 3.05) is 39.3 Å². The first-order valence-electron chi connectivity index (χ1n) is 12.1. The highest BCUT2D eigenvalue weighted by atomic mass is 19.1. The van der Waals surface area contributed by atoms with E-state index in [0.29, 0.717) is 37.2 Å². The molecule has 2 amide bonds. The zero-order chi connectivity index (χ0) is 26.8. The molecule has 0 aromatic heterocycles. The molecule has 196 valence electrons. The Labute approximate surface area is 216 Å². The number of halogens is 1. The summed E-state index contributed by atoms with van der Waals surface area (Å²) < 4.78 is 18.2. The molecule has 3 rings (SSSR count). The molecule has 1 unspecified atom stereocenters. The summed E-state index contributed by atoms with van der Waals surface area (Å²) in [5.74, 6) is -0.540. The third kappa shape index (κ3) is 7.42. The Morgan fingerprint density at radius 3 is 2.49 bits per heavy atom. The van der Waals surface area contributed by atoms with Crippen LogP contribution in [0.2, 0.25) is 0 Å². The van der Waals surface area contributed by atoms with Gasteiger partial charge in [0.2, 0.25) is 5.91 Å². The monoisotopic (exact) mass is 507 g/mol. The predicted molar refractivity (Wildman–Crippen MR) is 145 cm³/mol. The normalized spacial score (nSPS) is 11.5. The maximum atomic E-state index is 13.3. The summed E-state index contributed by atoms with van der Waals surface area (Å²) in [4.78, 5) is 28.4. The standard InChI is InChI=1S/C28H34FN5O3/c1-34(2)21-12-14-22-20(16-21)11-13-23(26(22)37-3)27(35)33-24(10-7-15-31-25(30)17-29)28(36)32-18-19-8-5-4-6-9-19/h4-6,8-9,11-14,16,24H,7,10,15,17-18H2,1-3H3,(H2,30,31)(H,32,36)(H,33,35). The lowest BCUT2D eigenvalue weighted by atomic mass is 10.0. The Hall–Kier alpha value is -4.14. The van der Waals surface area contributed by atoms with Gasteiger partial charge in [0.1, 0.15) is 24.3 Å². The SMILES string of the molecule is COc1c(C(=O)NC(CCCNC(=N)CF)C(=O)NCc2ccccc2)ccc2cc(N(C)C)ccc12. The Morgan fingerprint density at radius 2 is 1.81 bits per heavy atom. The summed E-state index contributed by atoms with van der Waals surface area (Å²) in [5, 5.41) is 17.5. The van der Waals surface area contributed by atoms with Crippen molar-refractivity contribution in [3.05, 3.63) is 71.8 Å². The van der Waals surface area contributed by atoms with Crippen molar-refractivity contribution >= 4 is 34.1 Å². The molecule has 0 spiro atoms. The Morgan fingerprint density at radius 1 is 1.05 bits per heavy atom. The maximum absolute atomic E-state index is 13.3. The average Bonchev–Trinajstić information content (AvgIpc) is 2.92. The number of nitrogens with one attached hydrogen (secondary N) is 4. The lowest BCUT2D eigenvalue weighted by molar-refractivity contribution is -0.123. The van der Waals surface area contributed by atoms with E-state index in [4.69, 9.17) is 10.1 Å². The number of benzene rings is 3. The van der Waals surface area contributed by atoms with Crippen LogP contribution in [0.15, 0.2) is 60.7 Å². The van der Waals surface area contributed by atoms with Crippen molar-refractivity contribution in [1.29, 1.82) is 5.41 Å². The lowest BCUT2D eigenvalue weighted by Crippen LogP contribution is -2.47. The molecule has 37 heavy (non-hydrogen) atoms. The molecule has 0 radical (unpaired) electrons. The van der Waals surface area contributed by atoms with Crippen LogP contribution in [0.5, 0.6) is 5.75 Å². The molecule has 3 aromatic carbocycles. The maximum Gasteiger partial charge on any atom is 0.255 e. The minimum Gasteiger partial charge on any atom is -0.495 e. The van der Waals surface area contributed by atoms with Gasteiger partial charge in [0.05, 0.1) is 12.7 Å². The number of fused-ring (bicyclic) bond motifs is 1. The molecule has 0 saturated carbocycles. The van der Waals surface area contributed by atoms with Crippen LogP contribution in [0.1, 0.15) is 28.8 Å². The first-order chi connectivity index (χ1) is 17.8. The fourth-order valence-electron chi connectivity index (χ4n) is 3.97. The van der Waals surface area contributed by atoms with E-state index in [1.807, 2.05) is 73.6 Å². The number of carbonyl (C=O) groups excluding carboxylic acids is 2. The lowest BCUT2D eigenvalue weighted by Gasteiger charge is -2.20.